The fourth-order valence-electron chi connectivity index (χ4n) is 1.31. The summed E-state index contributed by atoms with van der Waals surface area (Å²) in [5.41, 5.74) is 5.52. The molecule has 90 valence electrons. The SMILES string of the molecule is CCc1nsc(N(CCC(N)=S)C(C)C)n1. The van der Waals surface area contributed by atoms with Crippen molar-refractivity contribution in [2.24, 2.45) is 5.73 Å². The zero-order valence-electron chi connectivity index (χ0n) is 9.93. The molecule has 0 bridgehead atoms. The minimum absolute atomic E-state index is 0.381. The molecule has 0 saturated carbocycles. The minimum Gasteiger partial charge on any atom is -0.393 e. The fraction of sp³-hybridized carbons (Fsp3) is 0.700. The number of hydrogen-bond donors (Lipinski definition) is 1. The summed E-state index contributed by atoms with van der Waals surface area (Å²) in [4.78, 5) is 7.22. The lowest BCUT2D eigenvalue weighted by molar-refractivity contribution is 0.687. The third kappa shape index (κ3) is 3.68. The summed E-state index contributed by atoms with van der Waals surface area (Å²) in [5.74, 6) is 0.904. The molecule has 6 heteroatoms. The van der Waals surface area contributed by atoms with Gasteiger partial charge in [-0.25, -0.2) is 4.98 Å². The highest BCUT2D eigenvalue weighted by atomic mass is 32.1. The summed E-state index contributed by atoms with van der Waals surface area (Å²) in [7, 11) is 0. The fourth-order valence-corrected chi connectivity index (χ4v) is 2.31. The Balaban J connectivity index is 2.72. The van der Waals surface area contributed by atoms with Crippen LogP contribution in [0.2, 0.25) is 0 Å². The van der Waals surface area contributed by atoms with E-state index in [2.05, 4.69) is 35.0 Å². The van der Waals surface area contributed by atoms with Gasteiger partial charge in [-0.3, -0.25) is 0 Å². The Bertz CT molecular complexity index is 348. The van der Waals surface area contributed by atoms with Crippen molar-refractivity contribution in [2.45, 2.75) is 39.7 Å². The average molecular weight is 258 g/mol. The third-order valence-corrected chi connectivity index (χ3v) is 3.24. The predicted octanol–water partition coefficient (Wildman–Crippen LogP) is 1.99. The quantitative estimate of drug-likeness (QED) is 0.791. The maximum absolute atomic E-state index is 5.52. The van der Waals surface area contributed by atoms with Gasteiger partial charge in [0.1, 0.15) is 5.82 Å². The molecule has 1 aromatic rings. The summed E-state index contributed by atoms with van der Waals surface area (Å²) in [5, 5.41) is 0.961. The van der Waals surface area contributed by atoms with Crippen molar-refractivity contribution in [1.29, 1.82) is 0 Å². The van der Waals surface area contributed by atoms with Crippen LogP contribution in [0.3, 0.4) is 0 Å². The van der Waals surface area contributed by atoms with Crippen LogP contribution in [-0.4, -0.2) is 26.9 Å². The van der Waals surface area contributed by atoms with E-state index in [0.717, 1.165) is 23.9 Å². The van der Waals surface area contributed by atoms with Crippen molar-refractivity contribution < 1.29 is 0 Å². The molecular weight excluding hydrogens is 240 g/mol. The molecule has 4 nitrogen and oxygen atoms in total. The predicted molar refractivity (Wildman–Crippen MR) is 73.2 cm³/mol. The van der Waals surface area contributed by atoms with E-state index in [1.54, 1.807) is 0 Å². The summed E-state index contributed by atoms with van der Waals surface area (Å²) in [6, 6.07) is 0.381. The molecule has 0 unspecified atom stereocenters. The van der Waals surface area contributed by atoms with Gasteiger partial charge in [0.2, 0.25) is 5.13 Å². The number of rotatable bonds is 6. The number of anilines is 1. The first kappa shape index (κ1) is 13.3. The van der Waals surface area contributed by atoms with Crippen LogP contribution in [0.15, 0.2) is 0 Å². The maximum atomic E-state index is 5.52. The molecule has 0 atom stereocenters. The Morgan fingerprint density at radius 1 is 1.56 bits per heavy atom. The number of hydrogen-bond acceptors (Lipinski definition) is 5. The van der Waals surface area contributed by atoms with E-state index >= 15 is 0 Å². The van der Waals surface area contributed by atoms with Gasteiger partial charge < -0.3 is 10.6 Å². The van der Waals surface area contributed by atoms with Crippen LogP contribution in [-0.2, 0) is 6.42 Å². The van der Waals surface area contributed by atoms with Gasteiger partial charge >= 0.3 is 0 Å². The monoisotopic (exact) mass is 258 g/mol. The van der Waals surface area contributed by atoms with Gasteiger partial charge in [0.15, 0.2) is 0 Å². The van der Waals surface area contributed by atoms with Crippen LogP contribution >= 0.6 is 23.8 Å². The Hall–Kier alpha value is -0.750. The lowest BCUT2D eigenvalue weighted by atomic mass is 10.3. The summed E-state index contributed by atoms with van der Waals surface area (Å²) in [6.45, 7) is 7.13. The Morgan fingerprint density at radius 2 is 2.25 bits per heavy atom. The normalized spacial score (nSPS) is 10.8. The zero-order valence-corrected chi connectivity index (χ0v) is 11.6. The van der Waals surface area contributed by atoms with Crippen molar-refractivity contribution in [3.05, 3.63) is 5.82 Å². The highest BCUT2D eigenvalue weighted by Crippen LogP contribution is 2.20. The molecule has 0 amide bonds. The highest BCUT2D eigenvalue weighted by Gasteiger charge is 2.15. The van der Waals surface area contributed by atoms with E-state index in [9.17, 15) is 0 Å². The van der Waals surface area contributed by atoms with E-state index in [1.807, 2.05) is 0 Å². The second-order valence-corrected chi connectivity index (χ2v) is 5.10. The Labute approximate surface area is 106 Å². The molecule has 0 aliphatic rings. The largest absolute Gasteiger partial charge is 0.393 e. The van der Waals surface area contributed by atoms with Crippen molar-refractivity contribution in [2.75, 3.05) is 11.4 Å². The van der Waals surface area contributed by atoms with Gasteiger partial charge in [-0.05, 0) is 13.8 Å². The maximum Gasteiger partial charge on any atom is 0.205 e. The van der Waals surface area contributed by atoms with Crippen molar-refractivity contribution in [3.8, 4) is 0 Å². The van der Waals surface area contributed by atoms with Crippen LogP contribution in [0, 0.1) is 0 Å². The van der Waals surface area contributed by atoms with Crippen LogP contribution in [0.1, 0.15) is 33.0 Å². The second-order valence-electron chi connectivity index (χ2n) is 3.85. The molecule has 0 saturated heterocycles. The van der Waals surface area contributed by atoms with Gasteiger partial charge in [0.25, 0.3) is 0 Å². The number of aryl methyl sites for hydroxylation is 1. The van der Waals surface area contributed by atoms with Crippen LogP contribution in [0.25, 0.3) is 0 Å². The average Bonchev–Trinajstić information content (AvgIpc) is 2.65. The van der Waals surface area contributed by atoms with Gasteiger partial charge in [-0.2, -0.15) is 4.37 Å². The third-order valence-electron chi connectivity index (χ3n) is 2.24. The van der Waals surface area contributed by atoms with Crippen LogP contribution < -0.4 is 10.6 Å². The lowest BCUT2D eigenvalue weighted by Crippen LogP contribution is -2.33. The molecule has 1 aromatic heterocycles. The molecule has 2 N–H and O–H groups in total. The van der Waals surface area contributed by atoms with Gasteiger partial charge in [0.05, 0.1) is 4.99 Å². The van der Waals surface area contributed by atoms with Crippen LogP contribution in [0.4, 0.5) is 5.13 Å². The first-order valence-electron chi connectivity index (χ1n) is 5.42. The van der Waals surface area contributed by atoms with Crippen molar-refractivity contribution in [1.82, 2.24) is 9.36 Å². The number of thiocarbonyl (C=S) groups is 1. The van der Waals surface area contributed by atoms with Crippen LogP contribution in [0.5, 0.6) is 0 Å². The summed E-state index contributed by atoms with van der Waals surface area (Å²) < 4.78 is 4.29. The zero-order chi connectivity index (χ0) is 12.1. The molecule has 0 aliphatic heterocycles. The highest BCUT2D eigenvalue weighted by molar-refractivity contribution is 7.80. The molecule has 0 spiro atoms. The molecule has 0 aromatic carbocycles. The smallest absolute Gasteiger partial charge is 0.205 e. The lowest BCUT2D eigenvalue weighted by Gasteiger charge is -2.25. The first-order valence-corrected chi connectivity index (χ1v) is 6.60. The summed E-state index contributed by atoms with van der Waals surface area (Å²) >= 11 is 6.34. The van der Waals surface area contributed by atoms with E-state index in [0.29, 0.717) is 17.5 Å². The number of aromatic nitrogens is 2. The Morgan fingerprint density at radius 3 is 2.69 bits per heavy atom. The number of nitrogens with zero attached hydrogens (tertiary/aromatic N) is 3. The topological polar surface area (TPSA) is 55.0 Å². The first-order chi connectivity index (χ1) is 7.54. The standard InChI is InChI=1S/C10H18N4S2/c1-4-9-12-10(16-13-9)14(7(2)3)6-5-8(11)15/h7H,4-6H2,1-3H3,(H2,11,15). The number of nitrogens with two attached hydrogens (primary N) is 1. The molecule has 0 fully saturated rings. The summed E-state index contributed by atoms with van der Waals surface area (Å²) in [6.07, 6.45) is 1.59. The van der Waals surface area contributed by atoms with Crippen molar-refractivity contribution >= 4 is 33.9 Å². The van der Waals surface area contributed by atoms with Crippen molar-refractivity contribution in [3.63, 3.8) is 0 Å². The van der Waals surface area contributed by atoms with Gasteiger partial charge in [-0.15, -0.1) is 0 Å². The van der Waals surface area contributed by atoms with E-state index in [1.165, 1.54) is 11.5 Å². The molecule has 1 heterocycles. The molecule has 0 radical (unpaired) electrons. The Kier molecular flexibility index (Phi) is 5.08. The molecule has 16 heavy (non-hydrogen) atoms. The minimum atomic E-state index is 0.381. The van der Waals surface area contributed by atoms with E-state index in [4.69, 9.17) is 18.0 Å². The van der Waals surface area contributed by atoms with E-state index < -0.39 is 0 Å². The van der Waals surface area contributed by atoms with Gasteiger partial charge in [-0.1, -0.05) is 19.1 Å². The molecular formula is C10H18N4S2. The molecule has 0 aliphatic carbocycles. The van der Waals surface area contributed by atoms with Gasteiger partial charge in [0, 0.05) is 37.0 Å². The second kappa shape index (κ2) is 6.10. The molecule has 1 rings (SSSR count). The van der Waals surface area contributed by atoms with E-state index in [-0.39, 0.29) is 0 Å².